The van der Waals surface area contributed by atoms with E-state index in [0.29, 0.717) is 11.3 Å². The molecule has 25 heavy (non-hydrogen) atoms. The molecule has 2 aromatic heterocycles. The molecule has 8 heteroatoms. The van der Waals surface area contributed by atoms with E-state index in [1.807, 2.05) is 18.2 Å². The summed E-state index contributed by atoms with van der Waals surface area (Å²) in [5, 5.41) is 6.90. The van der Waals surface area contributed by atoms with Crippen LogP contribution in [0.4, 0.5) is 0 Å². The smallest absolute Gasteiger partial charge is 0.291 e. The molecule has 0 spiro atoms. The Balaban J connectivity index is 1.77. The fraction of sp³-hybridized carbons (Fsp3) is 0.235. The number of ether oxygens (including phenoxy) is 1. The number of rotatable bonds is 5. The number of nitrogens with one attached hydrogen (secondary N) is 1. The molecule has 1 atom stereocenters. The average molecular weight is 405 g/mol. The number of fused-ring (bicyclic) bond motifs is 1. The lowest BCUT2D eigenvalue weighted by molar-refractivity contribution is -0.124. The maximum atomic E-state index is 12.5. The second kappa shape index (κ2) is 7.10. The Morgan fingerprint density at radius 3 is 2.96 bits per heavy atom. The van der Waals surface area contributed by atoms with Gasteiger partial charge in [0, 0.05) is 22.8 Å². The maximum absolute atomic E-state index is 12.5. The van der Waals surface area contributed by atoms with Crippen LogP contribution in [0.25, 0.3) is 5.52 Å². The van der Waals surface area contributed by atoms with E-state index in [-0.39, 0.29) is 18.0 Å². The third-order valence-corrected chi connectivity index (χ3v) is 4.44. The minimum atomic E-state index is -0.731. The maximum Gasteiger partial charge on any atom is 0.291 e. The first-order valence-electron chi connectivity index (χ1n) is 7.66. The number of carbonyl (C=O) groups excluding carboxylic acids is 1. The van der Waals surface area contributed by atoms with E-state index in [1.54, 1.807) is 36.8 Å². The van der Waals surface area contributed by atoms with Crippen molar-refractivity contribution in [1.29, 1.82) is 0 Å². The van der Waals surface area contributed by atoms with Crippen molar-refractivity contribution in [2.45, 2.75) is 19.5 Å². The predicted molar refractivity (Wildman–Crippen MR) is 96.7 cm³/mol. The van der Waals surface area contributed by atoms with Gasteiger partial charge in [0.1, 0.15) is 23.6 Å². The molecule has 0 bridgehead atoms. The Hall–Kier alpha value is -2.61. The second-order valence-electron chi connectivity index (χ2n) is 5.53. The van der Waals surface area contributed by atoms with Gasteiger partial charge >= 0.3 is 0 Å². The fourth-order valence-corrected chi connectivity index (χ4v) is 2.97. The van der Waals surface area contributed by atoms with E-state index >= 15 is 0 Å². The number of hydrogen-bond donors (Lipinski definition) is 1. The Bertz CT molecular complexity index is 979. The van der Waals surface area contributed by atoms with Crippen molar-refractivity contribution in [1.82, 2.24) is 19.5 Å². The van der Waals surface area contributed by atoms with E-state index in [2.05, 4.69) is 26.3 Å². The van der Waals surface area contributed by atoms with Crippen molar-refractivity contribution in [2.75, 3.05) is 7.11 Å². The van der Waals surface area contributed by atoms with Crippen LogP contribution in [-0.2, 0) is 11.3 Å². The van der Waals surface area contributed by atoms with Crippen molar-refractivity contribution in [3.8, 4) is 5.75 Å². The highest BCUT2D eigenvalue weighted by Gasteiger charge is 2.19. The zero-order chi connectivity index (χ0) is 18.0. The zero-order valence-electron chi connectivity index (χ0n) is 13.8. The van der Waals surface area contributed by atoms with Crippen LogP contribution in [-0.4, -0.2) is 27.2 Å². The number of nitrogens with zero attached hydrogens (tertiary/aromatic N) is 3. The third kappa shape index (κ3) is 3.43. The van der Waals surface area contributed by atoms with Gasteiger partial charge in [0.2, 0.25) is 5.91 Å². The van der Waals surface area contributed by atoms with E-state index in [0.717, 1.165) is 10.0 Å². The average Bonchev–Trinajstić information content (AvgIpc) is 3.09. The molecule has 1 N–H and O–H groups in total. The molecular weight excluding hydrogens is 388 g/mol. The van der Waals surface area contributed by atoms with Crippen molar-refractivity contribution in [3.05, 3.63) is 63.2 Å². The molecule has 1 amide bonds. The van der Waals surface area contributed by atoms with E-state index in [1.165, 1.54) is 11.0 Å². The number of methoxy groups -OCH3 is 1. The summed E-state index contributed by atoms with van der Waals surface area (Å²) in [5.74, 6) is 0.383. The minimum absolute atomic E-state index is 0.286. The van der Waals surface area contributed by atoms with Crippen LogP contribution < -0.4 is 15.6 Å². The van der Waals surface area contributed by atoms with Gasteiger partial charge in [0.05, 0.1) is 7.11 Å². The summed E-state index contributed by atoms with van der Waals surface area (Å²) in [6.45, 7) is 1.93. The van der Waals surface area contributed by atoms with E-state index in [4.69, 9.17) is 4.74 Å². The van der Waals surface area contributed by atoms with Gasteiger partial charge in [0.15, 0.2) is 0 Å². The normalized spacial score (nSPS) is 12.1. The highest BCUT2D eigenvalue weighted by molar-refractivity contribution is 9.10. The van der Waals surface area contributed by atoms with Crippen LogP contribution in [0.2, 0.25) is 0 Å². The first kappa shape index (κ1) is 17.2. The van der Waals surface area contributed by atoms with Crippen LogP contribution >= 0.6 is 15.9 Å². The first-order valence-corrected chi connectivity index (χ1v) is 8.45. The molecule has 0 aliphatic heterocycles. The Morgan fingerprint density at radius 1 is 1.40 bits per heavy atom. The van der Waals surface area contributed by atoms with Gasteiger partial charge in [-0.3, -0.25) is 9.59 Å². The number of carbonyl (C=O) groups is 1. The van der Waals surface area contributed by atoms with Gasteiger partial charge in [-0.25, -0.2) is 4.68 Å². The lowest BCUT2D eigenvalue weighted by Crippen LogP contribution is -2.37. The molecule has 1 aromatic carbocycles. The Kier molecular flexibility index (Phi) is 4.89. The molecule has 0 aliphatic carbocycles. The van der Waals surface area contributed by atoms with Gasteiger partial charge in [-0.1, -0.05) is 15.9 Å². The van der Waals surface area contributed by atoms with Crippen LogP contribution in [0.3, 0.4) is 0 Å². The lowest BCUT2D eigenvalue weighted by atomic mass is 10.2. The summed E-state index contributed by atoms with van der Waals surface area (Å²) >= 11 is 3.40. The molecule has 0 fully saturated rings. The van der Waals surface area contributed by atoms with Gasteiger partial charge in [-0.05, 0) is 37.3 Å². The summed E-state index contributed by atoms with van der Waals surface area (Å²) in [6, 6.07) is 8.28. The second-order valence-corrected chi connectivity index (χ2v) is 6.45. The molecule has 1 unspecified atom stereocenters. The van der Waals surface area contributed by atoms with Crippen molar-refractivity contribution < 1.29 is 9.53 Å². The summed E-state index contributed by atoms with van der Waals surface area (Å²) in [4.78, 5) is 24.9. The van der Waals surface area contributed by atoms with E-state index < -0.39 is 6.04 Å². The van der Waals surface area contributed by atoms with Crippen molar-refractivity contribution in [3.63, 3.8) is 0 Å². The zero-order valence-corrected chi connectivity index (χ0v) is 15.4. The summed E-state index contributed by atoms with van der Waals surface area (Å²) < 4.78 is 8.99. The molecule has 0 aliphatic rings. The largest absolute Gasteiger partial charge is 0.496 e. The van der Waals surface area contributed by atoms with Gasteiger partial charge in [-0.15, -0.1) is 0 Å². The van der Waals surface area contributed by atoms with Gasteiger partial charge in [-0.2, -0.15) is 5.10 Å². The summed E-state index contributed by atoms with van der Waals surface area (Å²) in [7, 11) is 1.58. The number of halogens is 1. The topological polar surface area (TPSA) is 77.6 Å². The number of hydrogen-bond acceptors (Lipinski definition) is 4. The monoisotopic (exact) mass is 404 g/mol. The molecule has 2 heterocycles. The van der Waals surface area contributed by atoms with E-state index in [9.17, 15) is 9.59 Å². The molecule has 0 saturated carbocycles. The minimum Gasteiger partial charge on any atom is -0.496 e. The van der Waals surface area contributed by atoms with Gasteiger partial charge < -0.3 is 14.5 Å². The first-order chi connectivity index (χ1) is 12.0. The van der Waals surface area contributed by atoms with Crippen LogP contribution in [0.5, 0.6) is 5.75 Å². The number of amides is 1. The standard InChI is InChI=1S/C17H17BrN4O3/c1-11(22-17(24)14-4-3-7-21(14)10-20-22)16(23)19-9-12-8-13(18)5-6-15(12)25-2/h3-8,10-11H,9H2,1-2H3,(H,19,23). The predicted octanol–water partition coefficient (Wildman–Crippen LogP) is 2.14. The molecule has 3 aromatic rings. The molecular formula is C17H17BrN4O3. The molecule has 0 saturated heterocycles. The SMILES string of the molecule is COc1ccc(Br)cc1CNC(=O)C(C)n1ncn2cccc2c1=O. The quantitative estimate of drug-likeness (QED) is 0.706. The summed E-state index contributed by atoms with van der Waals surface area (Å²) in [5.41, 5.74) is 0.998. The number of aromatic nitrogens is 3. The molecule has 3 rings (SSSR count). The van der Waals surface area contributed by atoms with Crippen LogP contribution in [0.1, 0.15) is 18.5 Å². The highest BCUT2D eigenvalue weighted by atomic mass is 79.9. The van der Waals surface area contributed by atoms with Crippen LogP contribution in [0.15, 0.2) is 52.1 Å². The fourth-order valence-electron chi connectivity index (χ4n) is 2.56. The molecule has 130 valence electrons. The molecule has 0 radical (unpaired) electrons. The third-order valence-electron chi connectivity index (χ3n) is 3.95. The Morgan fingerprint density at radius 2 is 2.20 bits per heavy atom. The Labute approximate surface area is 152 Å². The summed E-state index contributed by atoms with van der Waals surface area (Å²) in [6.07, 6.45) is 3.25. The number of benzene rings is 1. The van der Waals surface area contributed by atoms with Crippen molar-refractivity contribution in [2.24, 2.45) is 0 Å². The lowest BCUT2D eigenvalue weighted by Gasteiger charge is -2.15. The molecule has 7 nitrogen and oxygen atoms in total. The van der Waals surface area contributed by atoms with Crippen molar-refractivity contribution >= 4 is 27.4 Å². The highest BCUT2D eigenvalue weighted by Crippen LogP contribution is 2.22. The van der Waals surface area contributed by atoms with Gasteiger partial charge in [0.25, 0.3) is 5.56 Å². The van der Waals surface area contributed by atoms with Crippen LogP contribution in [0, 0.1) is 0 Å².